The molecule has 1 saturated heterocycles. The lowest BCUT2D eigenvalue weighted by atomic mass is 10.2. The van der Waals surface area contributed by atoms with Crippen molar-refractivity contribution in [2.24, 2.45) is 13.0 Å². The largest absolute Gasteiger partial charge is 0.274 e. The van der Waals surface area contributed by atoms with Gasteiger partial charge in [0, 0.05) is 26.3 Å². The Morgan fingerprint density at radius 1 is 1.53 bits per heavy atom. The number of aryl methyl sites for hydroxylation is 1. The summed E-state index contributed by atoms with van der Waals surface area (Å²) in [6.07, 6.45) is 3.89. The van der Waals surface area contributed by atoms with Crippen LogP contribution in [0.5, 0.6) is 0 Å². The molecule has 1 fully saturated rings. The maximum atomic E-state index is 12.1. The molecule has 0 saturated carbocycles. The summed E-state index contributed by atoms with van der Waals surface area (Å²) in [7, 11) is -1.59. The van der Waals surface area contributed by atoms with Crippen molar-refractivity contribution in [3.8, 4) is 0 Å². The highest BCUT2D eigenvalue weighted by Gasteiger charge is 2.31. The maximum Gasteiger partial charge on any atom is 0.246 e. The minimum Gasteiger partial charge on any atom is -0.274 e. The van der Waals surface area contributed by atoms with Crippen molar-refractivity contribution in [1.82, 2.24) is 14.1 Å². The summed E-state index contributed by atoms with van der Waals surface area (Å²) in [6, 6.07) is 0. The van der Waals surface area contributed by atoms with E-state index in [9.17, 15) is 8.42 Å². The molecule has 0 bridgehead atoms. The second kappa shape index (κ2) is 3.61. The van der Waals surface area contributed by atoms with Crippen LogP contribution in [0.4, 0.5) is 0 Å². The fraction of sp³-hybridized carbons (Fsp3) is 0.667. The normalized spacial score (nSPS) is 23.5. The molecule has 1 aromatic heterocycles. The van der Waals surface area contributed by atoms with Gasteiger partial charge in [0.1, 0.15) is 4.90 Å². The maximum absolute atomic E-state index is 12.1. The third kappa shape index (κ3) is 1.91. The van der Waals surface area contributed by atoms with Gasteiger partial charge in [0.05, 0.1) is 6.20 Å². The topological polar surface area (TPSA) is 55.2 Å². The van der Waals surface area contributed by atoms with Gasteiger partial charge < -0.3 is 0 Å². The molecular weight excluding hydrogens is 214 g/mol. The van der Waals surface area contributed by atoms with E-state index < -0.39 is 10.0 Å². The summed E-state index contributed by atoms with van der Waals surface area (Å²) in [6.45, 7) is 3.31. The van der Waals surface area contributed by atoms with E-state index in [4.69, 9.17) is 0 Å². The molecule has 0 radical (unpaired) electrons. The van der Waals surface area contributed by atoms with Gasteiger partial charge >= 0.3 is 0 Å². The second-order valence-electron chi connectivity index (χ2n) is 4.11. The van der Waals surface area contributed by atoms with Crippen molar-refractivity contribution in [1.29, 1.82) is 0 Å². The molecule has 15 heavy (non-hydrogen) atoms. The van der Waals surface area contributed by atoms with Crippen LogP contribution in [0.25, 0.3) is 0 Å². The lowest BCUT2D eigenvalue weighted by molar-refractivity contribution is 0.464. The third-order valence-corrected chi connectivity index (χ3v) is 4.52. The molecule has 0 amide bonds. The molecule has 1 aliphatic heterocycles. The zero-order valence-electron chi connectivity index (χ0n) is 8.92. The van der Waals surface area contributed by atoms with Crippen molar-refractivity contribution in [2.75, 3.05) is 13.1 Å². The van der Waals surface area contributed by atoms with Crippen LogP contribution >= 0.6 is 0 Å². The molecule has 2 heterocycles. The van der Waals surface area contributed by atoms with E-state index in [0.717, 1.165) is 6.42 Å². The van der Waals surface area contributed by atoms with Gasteiger partial charge in [0.2, 0.25) is 10.0 Å². The van der Waals surface area contributed by atoms with Gasteiger partial charge in [-0.15, -0.1) is 0 Å². The van der Waals surface area contributed by atoms with Crippen LogP contribution in [-0.2, 0) is 17.1 Å². The van der Waals surface area contributed by atoms with Crippen molar-refractivity contribution in [3.63, 3.8) is 0 Å². The first kappa shape index (κ1) is 10.6. The standard InChI is InChI=1S/C9H15N3O2S/c1-8-3-4-12(6-8)15(13,14)9-5-10-11(2)7-9/h5,7-8H,3-4,6H2,1-2H3/t8-/m1/s1. The Balaban J connectivity index is 2.27. The Hall–Kier alpha value is -0.880. The number of sulfonamides is 1. The Morgan fingerprint density at radius 3 is 2.73 bits per heavy atom. The van der Waals surface area contributed by atoms with E-state index in [1.807, 2.05) is 0 Å². The van der Waals surface area contributed by atoms with Gasteiger partial charge in [0.15, 0.2) is 0 Å². The molecule has 0 N–H and O–H groups in total. The van der Waals surface area contributed by atoms with Crippen LogP contribution in [0.15, 0.2) is 17.3 Å². The number of hydrogen-bond donors (Lipinski definition) is 0. The summed E-state index contributed by atoms with van der Waals surface area (Å²) < 4.78 is 27.2. The van der Waals surface area contributed by atoms with Crippen molar-refractivity contribution >= 4 is 10.0 Å². The van der Waals surface area contributed by atoms with Crippen LogP contribution in [0, 0.1) is 5.92 Å². The molecule has 6 heteroatoms. The van der Waals surface area contributed by atoms with Gasteiger partial charge in [-0.05, 0) is 12.3 Å². The van der Waals surface area contributed by atoms with Crippen LogP contribution in [0.3, 0.4) is 0 Å². The zero-order valence-corrected chi connectivity index (χ0v) is 9.74. The van der Waals surface area contributed by atoms with Crippen LogP contribution in [0.1, 0.15) is 13.3 Å². The van der Waals surface area contributed by atoms with Gasteiger partial charge in [-0.1, -0.05) is 6.92 Å². The molecule has 1 atom stereocenters. The highest BCUT2D eigenvalue weighted by atomic mass is 32.2. The third-order valence-electron chi connectivity index (χ3n) is 2.71. The van der Waals surface area contributed by atoms with Crippen LogP contribution in [-0.4, -0.2) is 35.6 Å². The molecule has 84 valence electrons. The monoisotopic (exact) mass is 229 g/mol. The quantitative estimate of drug-likeness (QED) is 0.740. The second-order valence-corrected chi connectivity index (χ2v) is 6.04. The van der Waals surface area contributed by atoms with E-state index in [0.29, 0.717) is 23.9 Å². The first-order valence-electron chi connectivity index (χ1n) is 4.99. The Bertz CT molecular complexity index is 452. The van der Waals surface area contributed by atoms with E-state index in [-0.39, 0.29) is 0 Å². The predicted molar refractivity (Wildman–Crippen MR) is 55.7 cm³/mol. The average molecular weight is 229 g/mol. The SMILES string of the molecule is C[C@@H]1CCN(S(=O)(=O)c2cnn(C)c2)C1. The van der Waals surface area contributed by atoms with Gasteiger partial charge in [-0.3, -0.25) is 4.68 Å². The Kier molecular flexibility index (Phi) is 2.56. The van der Waals surface area contributed by atoms with Crippen molar-refractivity contribution < 1.29 is 8.42 Å². The summed E-state index contributed by atoms with van der Waals surface area (Å²) >= 11 is 0. The van der Waals surface area contributed by atoms with E-state index in [2.05, 4.69) is 12.0 Å². The van der Waals surface area contributed by atoms with Crippen molar-refractivity contribution in [2.45, 2.75) is 18.2 Å². The van der Waals surface area contributed by atoms with Crippen LogP contribution < -0.4 is 0 Å². The summed E-state index contributed by atoms with van der Waals surface area (Å²) in [5, 5.41) is 3.88. The molecule has 0 aliphatic carbocycles. The smallest absolute Gasteiger partial charge is 0.246 e. The highest BCUT2D eigenvalue weighted by molar-refractivity contribution is 7.89. The fourth-order valence-electron chi connectivity index (χ4n) is 1.79. The average Bonchev–Trinajstić information content (AvgIpc) is 2.74. The zero-order chi connectivity index (χ0) is 11.1. The molecule has 0 aromatic carbocycles. The molecule has 1 aromatic rings. The summed E-state index contributed by atoms with van der Waals surface area (Å²) in [5.41, 5.74) is 0. The number of nitrogens with zero attached hydrogens (tertiary/aromatic N) is 3. The lowest BCUT2D eigenvalue weighted by Gasteiger charge is -2.14. The first-order valence-corrected chi connectivity index (χ1v) is 6.43. The minimum atomic E-state index is -3.30. The molecular formula is C9H15N3O2S. The fourth-order valence-corrected chi connectivity index (χ4v) is 3.35. The lowest BCUT2D eigenvalue weighted by Crippen LogP contribution is -2.28. The van der Waals surface area contributed by atoms with E-state index in [1.54, 1.807) is 13.2 Å². The van der Waals surface area contributed by atoms with Gasteiger partial charge in [-0.2, -0.15) is 9.40 Å². The number of hydrogen-bond acceptors (Lipinski definition) is 3. The molecule has 5 nitrogen and oxygen atoms in total. The first-order chi connectivity index (χ1) is 7.00. The Labute approximate surface area is 89.7 Å². The molecule has 2 rings (SSSR count). The number of rotatable bonds is 2. The minimum absolute atomic E-state index is 0.291. The summed E-state index contributed by atoms with van der Waals surface area (Å²) in [4.78, 5) is 0.291. The van der Waals surface area contributed by atoms with Crippen LogP contribution in [0.2, 0.25) is 0 Å². The van der Waals surface area contributed by atoms with Crippen molar-refractivity contribution in [3.05, 3.63) is 12.4 Å². The summed E-state index contributed by atoms with van der Waals surface area (Å²) in [5.74, 6) is 0.455. The van der Waals surface area contributed by atoms with E-state index in [1.165, 1.54) is 15.2 Å². The van der Waals surface area contributed by atoms with Gasteiger partial charge in [0.25, 0.3) is 0 Å². The molecule has 0 unspecified atom stereocenters. The number of aromatic nitrogens is 2. The van der Waals surface area contributed by atoms with Gasteiger partial charge in [-0.25, -0.2) is 8.42 Å². The molecule has 0 spiro atoms. The molecule has 1 aliphatic rings. The van der Waals surface area contributed by atoms with E-state index >= 15 is 0 Å². The highest BCUT2D eigenvalue weighted by Crippen LogP contribution is 2.23. The Morgan fingerprint density at radius 2 is 2.27 bits per heavy atom. The predicted octanol–water partition coefficient (Wildman–Crippen LogP) is 0.451.